The smallest absolute Gasteiger partial charge is 0.250 e. The molecule has 1 fully saturated rings. The zero-order valence-corrected chi connectivity index (χ0v) is 12.9. The van der Waals surface area contributed by atoms with Crippen LogP contribution < -0.4 is 10.6 Å². The van der Waals surface area contributed by atoms with Crippen LogP contribution in [0.3, 0.4) is 0 Å². The normalized spacial score (nSPS) is 17.2. The summed E-state index contributed by atoms with van der Waals surface area (Å²) in [6.45, 7) is 7.86. The van der Waals surface area contributed by atoms with Crippen molar-refractivity contribution in [3.8, 4) is 0 Å². The van der Waals surface area contributed by atoms with Crippen LogP contribution in [0.1, 0.15) is 58.3 Å². The molecule has 116 valence electrons. The SMILES string of the molecule is C=C(CCNCC)NC(=O)COC1CCCCCCC1. The molecule has 1 aliphatic rings. The Labute approximate surface area is 123 Å². The molecule has 1 rings (SSSR count). The van der Waals surface area contributed by atoms with E-state index in [0.717, 1.165) is 38.0 Å². The number of carbonyl (C=O) groups excluding carboxylic acids is 1. The maximum Gasteiger partial charge on any atom is 0.250 e. The van der Waals surface area contributed by atoms with Crippen molar-refractivity contribution in [2.45, 2.75) is 64.4 Å². The van der Waals surface area contributed by atoms with Crippen LogP contribution >= 0.6 is 0 Å². The fourth-order valence-corrected chi connectivity index (χ4v) is 2.49. The lowest BCUT2D eigenvalue weighted by atomic mass is 9.99. The molecule has 1 aliphatic carbocycles. The minimum atomic E-state index is -0.0754. The lowest BCUT2D eigenvalue weighted by Gasteiger charge is -2.20. The first kappa shape index (κ1) is 17.2. The molecule has 0 spiro atoms. The molecule has 20 heavy (non-hydrogen) atoms. The van der Waals surface area contributed by atoms with E-state index in [2.05, 4.69) is 24.1 Å². The third kappa shape index (κ3) is 8.33. The molecule has 0 aromatic rings. The Bertz CT molecular complexity index is 284. The minimum Gasteiger partial charge on any atom is -0.368 e. The topological polar surface area (TPSA) is 50.4 Å². The molecule has 1 amide bonds. The van der Waals surface area contributed by atoms with Gasteiger partial charge < -0.3 is 15.4 Å². The lowest BCUT2D eigenvalue weighted by Crippen LogP contribution is -2.30. The van der Waals surface area contributed by atoms with Crippen LogP contribution in [0.5, 0.6) is 0 Å². The third-order valence-corrected chi connectivity index (χ3v) is 3.67. The quantitative estimate of drug-likeness (QED) is 0.673. The van der Waals surface area contributed by atoms with E-state index in [1.54, 1.807) is 0 Å². The molecule has 0 atom stereocenters. The molecular weight excluding hydrogens is 252 g/mol. The van der Waals surface area contributed by atoms with Gasteiger partial charge in [0.2, 0.25) is 5.91 Å². The van der Waals surface area contributed by atoms with E-state index in [-0.39, 0.29) is 18.6 Å². The number of hydrogen-bond acceptors (Lipinski definition) is 3. The molecule has 4 nitrogen and oxygen atoms in total. The first-order chi connectivity index (χ1) is 9.72. The van der Waals surface area contributed by atoms with Crippen molar-refractivity contribution >= 4 is 5.91 Å². The molecule has 0 unspecified atom stereocenters. The van der Waals surface area contributed by atoms with E-state index in [9.17, 15) is 4.79 Å². The second-order valence-electron chi connectivity index (χ2n) is 5.53. The highest BCUT2D eigenvalue weighted by Crippen LogP contribution is 2.19. The Morgan fingerprint density at radius 1 is 1.20 bits per heavy atom. The molecule has 0 heterocycles. The van der Waals surface area contributed by atoms with Crippen LogP contribution in [-0.4, -0.2) is 31.7 Å². The van der Waals surface area contributed by atoms with Crippen molar-refractivity contribution in [3.05, 3.63) is 12.3 Å². The standard InChI is InChI=1S/C16H30N2O2/c1-3-17-12-11-14(2)18-16(19)13-20-15-9-7-5-4-6-8-10-15/h15,17H,2-13H2,1H3,(H,18,19). The van der Waals surface area contributed by atoms with Crippen LogP contribution in [0.15, 0.2) is 12.3 Å². The summed E-state index contributed by atoms with van der Waals surface area (Å²) in [7, 11) is 0. The number of hydrogen-bond donors (Lipinski definition) is 2. The minimum absolute atomic E-state index is 0.0754. The maximum atomic E-state index is 11.8. The van der Waals surface area contributed by atoms with Crippen molar-refractivity contribution in [1.82, 2.24) is 10.6 Å². The second-order valence-corrected chi connectivity index (χ2v) is 5.53. The molecule has 0 saturated heterocycles. The van der Waals surface area contributed by atoms with Crippen LogP contribution in [-0.2, 0) is 9.53 Å². The van der Waals surface area contributed by atoms with Gasteiger partial charge in [-0.05, 0) is 25.8 Å². The monoisotopic (exact) mass is 282 g/mol. The average Bonchev–Trinajstić information content (AvgIpc) is 2.37. The first-order valence-electron chi connectivity index (χ1n) is 8.02. The first-order valence-corrected chi connectivity index (χ1v) is 8.02. The molecule has 4 heteroatoms. The van der Waals surface area contributed by atoms with E-state index >= 15 is 0 Å². The molecular formula is C16H30N2O2. The van der Waals surface area contributed by atoms with Gasteiger partial charge in [0, 0.05) is 12.2 Å². The van der Waals surface area contributed by atoms with Gasteiger partial charge in [-0.2, -0.15) is 0 Å². The van der Waals surface area contributed by atoms with Crippen molar-refractivity contribution < 1.29 is 9.53 Å². The Morgan fingerprint density at radius 3 is 2.50 bits per heavy atom. The number of ether oxygens (including phenoxy) is 1. The summed E-state index contributed by atoms with van der Waals surface area (Å²) in [5.41, 5.74) is 0.761. The van der Waals surface area contributed by atoms with Gasteiger partial charge in [-0.15, -0.1) is 0 Å². The van der Waals surface area contributed by atoms with Gasteiger partial charge in [0.1, 0.15) is 6.61 Å². The molecule has 1 saturated carbocycles. The van der Waals surface area contributed by atoms with E-state index in [4.69, 9.17) is 4.74 Å². The molecule has 2 N–H and O–H groups in total. The molecule has 0 aromatic carbocycles. The maximum absolute atomic E-state index is 11.8. The number of rotatable bonds is 8. The van der Waals surface area contributed by atoms with Gasteiger partial charge in [0.05, 0.1) is 6.10 Å². The van der Waals surface area contributed by atoms with Crippen molar-refractivity contribution in [3.63, 3.8) is 0 Å². The second kappa shape index (κ2) is 10.9. The van der Waals surface area contributed by atoms with Crippen molar-refractivity contribution in [2.75, 3.05) is 19.7 Å². The van der Waals surface area contributed by atoms with Gasteiger partial charge in [0.25, 0.3) is 0 Å². The van der Waals surface area contributed by atoms with Gasteiger partial charge in [-0.1, -0.05) is 45.6 Å². The van der Waals surface area contributed by atoms with E-state index in [1.165, 1.54) is 32.1 Å². The summed E-state index contributed by atoms with van der Waals surface area (Å²) < 4.78 is 5.74. The van der Waals surface area contributed by atoms with Crippen LogP contribution in [0.4, 0.5) is 0 Å². The van der Waals surface area contributed by atoms with E-state index in [0.29, 0.717) is 0 Å². The van der Waals surface area contributed by atoms with Gasteiger partial charge >= 0.3 is 0 Å². The highest BCUT2D eigenvalue weighted by Gasteiger charge is 2.13. The van der Waals surface area contributed by atoms with Crippen LogP contribution in [0.25, 0.3) is 0 Å². The predicted octanol–water partition coefficient (Wildman–Crippen LogP) is 2.75. The summed E-state index contributed by atoms with van der Waals surface area (Å²) in [4.78, 5) is 11.8. The molecule has 0 radical (unpaired) electrons. The average molecular weight is 282 g/mol. The largest absolute Gasteiger partial charge is 0.368 e. The zero-order valence-electron chi connectivity index (χ0n) is 12.9. The fourth-order valence-electron chi connectivity index (χ4n) is 2.49. The number of amides is 1. The summed E-state index contributed by atoms with van der Waals surface area (Å²) in [5, 5.41) is 6.01. The summed E-state index contributed by atoms with van der Waals surface area (Å²) in [6, 6.07) is 0. The van der Waals surface area contributed by atoms with E-state index < -0.39 is 0 Å². The molecule has 0 aliphatic heterocycles. The van der Waals surface area contributed by atoms with Crippen molar-refractivity contribution in [1.29, 1.82) is 0 Å². The van der Waals surface area contributed by atoms with Crippen LogP contribution in [0, 0.1) is 0 Å². The molecule has 0 bridgehead atoms. The summed E-state index contributed by atoms with van der Waals surface area (Å²) in [6.07, 6.45) is 9.60. The Kier molecular flexibility index (Phi) is 9.33. The highest BCUT2D eigenvalue weighted by atomic mass is 16.5. The predicted molar refractivity (Wildman–Crippen MR) is 82.5 cm³/mol. The molecule has 0 aromatic heterocycles. The third-order valence-electron chi connectivity index (χ3n) is 3.67. The fraction of sp³-hybridized carbons (Fsp3) is 0.812. The van der Waals surface area contributed by atoms with Crippen LogP contribution in [0.2, 0.25) is 0 Å². The number of carbonyl (C=O) groups is 1. The summed E-state index contributed by atoms with van der Waals surface area (Å²) in [5.74, 6) is -0.0754. The summed E-state index contributed by atoms with van der Waals surface area (Å²) >= 11 is 0. The van der Waals surface area contributed by atoms with Crippen molar-refractivity contribution in [2.24, 2.45) is 0 Å². The Balaban J connectivity index is 2.13. The van der Waals surface area contributed by atoms with Gasteiger partial charge in [-0.25, -0.2) is 0 Å². The van der Waals surface area contributed by atoms with E-state index in [1.807, 2.05) is 0 Å². The highest BCUT2D eigenvalue weighted by molar-refractivity contribution is 5.78. The Hall–Kier alpha value is -0.870. The van der Waals surface area contributed by atoms with Gasteiger partial charge in [-0.3, -0.25) is 4.79 Å². The number of nitrogens with one attached hydrogen (secondary N) is 2. The lowest BCUT2D eigenvalue weighted by molar-refractivity contribution is -0.127. The Morgan fingerprint density at radius 2 is 1.85 bits per heavy atom. The van der Waals surface area contributed by atoms with Gasteiger partial charge in [0.15, 0.2) is 0 Å². The zero-order chi connectivity index (χ0) is 14.6.